The number of benzene rings is 1. The van der Waals surface area contributed by atoms with Crippen molar-refractivity contribution in [2.24, 2.45) is 0 Å². The van der Waals surface area contributed by atoms with Gasteiger partial charge in [0.05, 0.1) is 18.3 Å². The van der Waals surface area contributed by atoms with Crippen LogP contribution in [0.1, 0.15) is 46.2 Å². The summed E-state index contributed by atoms with van der Waals surface area (Å²) in [5, 5.41) is 14.6. The second-order valence-electron chi connectivity index (χ2n) is 6.33. The molecule has 1 amide bonds. The number of nitrogens with zero attached hydrogens (tertiary/aromatic N) is 3. The van der Waals surface area contributed by atoms with E-state index in [2.05, 4.69) is 20.9 Å². The minimum absolute atomic E-state index is 0.190. The van der Waals surface area contributed by atoms with Gasteiger partial charge in [-0.25, -0.2) is 4.68 Å². The zero-order valence-corrected chi connectivity index (χ0v) is 14.8. The molecule has 2 aromatic rings. The lowest BCUT2D eigenvalue weighted by atomic mass is 10.1. The fourth-order valence-electron chi connectivity index (χ4n) is 3.23. The SMILES string of the molecule is COCc1ccccc1CNC(=O)c1nnn(C2CCNCC2)c1C. The van der Waals surface area contributed by atoms with Crippen LogP contribution in [0, 0.1) is 6.92 Å². The molecule has 2 N–H and O–H groups in total. The molecule has 25 heavy (non-hydrogen) atoms. The quantitative estimate of drug-likeness (QED) is 0.832. The molecule has 7 nitrogen and oxygen atoms in total. The Morgan fingerprint density at radius 3 is 2.76 bits per heavy atom. The standard InChI is InChI=1S/C18H25N5O2/c1-13-17(21-22-23(13)16-7-9-19-10-8-16)18(24)20-11-14-5-3-4-6-15(14)12-25-2/h3-6,16,19H,7-12H2,1-2H3,(H,20,24). The summed E-state index contributed by atoms with van der Waals surface area (Å²) < 4.78 is 7.10. The zero-order valence-electron chi connectivity index (χ0n) is 14.8. The van der Waals surface area contributed by atoms with Crippen LogP contribution >= 0.6 is 0 Å². The van der Waals surface area contributed by atoms with E-state index in [-0.39, 0.29) is 5.91 Å². The molecule has 0 atom stereocenters. The summed E-state index contributed by atoms with van der Waals surface area (Å²) in [6.07, 6.45) is 2.02. The number of hydrogen-bond donors (Lipinski definition) is 2. The first-order valence-electron chi connectivity index (χ1n) is 8.67. The Morgan fingerprint density at radius 1 is 1.32 bits per heavy atom. The maximum absolute atomic E-state index is 12.5. The van der Waals surface area contributed by atoms with E-state index in [1.807, 2.05) is 35.9 Å². The highest BCUT2D eigenvalue weighted by atomic mass is 16.5. The van der Waals surface area contributed by atoms with Crippen LogP contribution in [-0.2, 0) is 17.9 Å². The molecule has 7 heteroatoms. The zero-order chi connectivity index (χ0) is 17.6. The van der Waals surface area contributed by atoms with E-state index in [1.165, 1.54) is 0 Å². The average molecular weight is 343 g/mol. The van der Waals surface area contributed by atoms with Crippen LogP contribution < -0.4 is 10.6 Å². The van der Waals surface area contributed by atoms with Gasteiger partial charge < -0.3 is 15.4 Å². The molecule has 0 spiro atoms. The molecule has 0 aliphatic carbocycles. The number of ether oxygens (including phenoxy) is 1. The molecule has 0 saturated carbocycles. The molecule has 1 aliphatic rings. The number of amides is 1. The van der Waals surface area contributed by atoms with Gasteiger partial charge >= 0.3 is 0 Å². The van der Waals surface area contributed by atoms with Gasteiger partial charge in [-0.2, -0.15) is 0 Å². The summed E-state index contributed by atoms with van der Waals surface area (Å²) in [5.74, 6) is -0.190. The van der Waals surface area contributed by atoms with Crippen LogP contribution in [0.25, 0.3) is 0 Å². The smallest absolute Gasteiger partial charge is 0.274 e. The lowest BCUT2D eigenvalue weighted by Gasteiger charge is -2.23. The topological polar surface area (TPSA) is 81.1 Å². The number of piperidine rings is 1. The minimum atomic E-state index is -0.190. The van der Waals surface area contributed by atoms with E-state index in [9.17, 15) is 4.79 Å². The van der Waals surface area contributed by atoms with Crippen LogP contribution in [0.5, 0.6) is 0 Å². The third-order valence-corrected chi connectivity index (χ3v) is 4.65. The van der Waals surface area contributed by atoms with E-state index in [1.54, 1.807) is 7.11 Å². The van der Waals surface area contributed by atoms with Crippen molar-refractivity contribution in [1.82, 2.24) is 25.6 Å². The molecule has 1 aliphatic heterocycles. The first-order valence-corrected chi connectivity index (χ1v) is 8.67. The summed E-state index contributed by atoms with van der Waals surface area (Å²) in [4.78, 5) is 12.5. The molecule has 0 bridgehead atoms. The number of carbonyl (C=O) groups excluding carboxylic acids is 1. The van der Waals surface area contributed by atoms with Gasteiger partial charge in [-0.15, -0.1) is 5.10 Å². The van der Waals surface area contributed by atoms with E-state index in [0.29, 0.717) is 24.9 Å². The third kappa shape index (κ3) is 4.05. The van der Waals surface area contributed by atoms with Crippen molar-refractivity contribution in [2.45, 2.75) is 39.0 Å². The van der Waals surface area contributed by atoms with Crippen LogP contribution in [-0.4, -0.2) is 41.1 Å². The maximum Gasteiger partial charge on any atom is 0.274 e. The normalized spacial score (nSPS) is 15.3. The molecular weight excluding hydrogens is 318 g/mol. The Hall–Kier alpha value is -2.25. The van der Waals surface area contributed by atoms with Gasteiger partial charge in [0.15, 0.2) is 5.69 Å². The Kier molecular flexibility index (Phi) is 5.78. The molecule has 1 saturated heterocycles. The molecule has 1 fully saturated rings. The van der Waals surface area contributed by atoms with E-state index in [0.717, 1.165) is 42.8 Å². The fourth-order valence-corrected chi connectivity index (χ4v) is 3.23. The van der Waals surface area contributed by atoms with Gasteiger partial charge in [-0.05, 0) is 44.0 Å². The first kappa shape index (κ1) is 17.6. The van der Waals surface area contributed by atoms with Crippen molar-refractivity contribution in [3.63, 3.8) is 0 Å². The predicted octanol–water partition coefficient (Wildman–Crippen LogP) is 1.59. The van der Waals surface area contributed by atoms with Gasteiger partial charge in [0.2, 0.25) is 0 Å². The molecule has 1 aromatic heterocycles. The molecular formula is C18H25N5O2. The molecule has 1 aromatic carbocycles. The highest BCUT2D eigenvalue weighted by Crippen LogP contribution is 2.20. The lowest BCUT2D eigenvalue weighted by Crippen LogP contribution is -2.30. The Balaban J connectivity index is 1.67. The number of hydrogen-bond acceptors (Lipinski definition) is 5. The number of methoxy groups -OCH3 is 1. The van der Waals surface area contributed by atoms with Gasteiger partial charge in [0.1, 0.15) is 0 Å². The largest absolute Gasteiger partial charge is 0.380 e. The lowest BCUT2D eigenvalue weighted by molar-refractivity contribution is 0.0944. The van der Waals surface area contributed by atoms with Gasteiger partial charge in [-0.3, -0.25) is 4.79 Å². The van der Waals surface area contributed by atoms with Crippen molar-refractivity contribution >= 4 is 5.91 Å². The van der Waals surface area contributed by atoms with Crippen molar-refractivity contribution in [1.29, 1.82) is 0 Å². The van der Waals surface area contributed by atoms with Crippen LogP contribution in [0.4, 0.5) is 0 Å². The maximum atomic E-state index is 12.5. The summed E-state index contributed by atoms with van der Waals surface area (Å²) in [6.45, 7) is 4.83. The van der Waals surface area contributed by atoms with E-state index < -0.39 is 0 Å². The number of aromatic nitrogens is 3. The monoisotopic (exact) mass is 343 g/mol. The third-order valence-electron chi connectivity index (χ3n) is 4.65. The molecule has 3 rings (SSSR count). The number of rotatable bonds is 6. The van der Waals surface area contributed by atoms with Gasteiger partial charge in [0, 0.05) is 13.7 Å². The Morgan fingerprint density at radius 2 is 2.04 bits per heavy atom. The average Bonchev–Trinajstić information content (AvgIpc) is 3.03. The second-order valence-corrected chi connectivity index (χ2v) is 6.33. The highest BCUT2D eigenvalue weighted by molar-refractivity contribution is 5.93. The van der Waals surface area contributed by atoms with Crippen LogP contribution in [0.15, 0.2) is 24.3 Å². The Bertz CT molecular complexity index is 722. The molecule has 134 valence electrons. The predicted molar refractivity (Wildman–Crippen MR) is 94.2 cm³/mol. The van der Waals surface area contributed by atoms with E-state index >= 15 is 0 Å². The molecule has 2 heterocycles. The van der Waals surface area contributed by atoms with Crippen molar-refractivity contribution < 1.29 is 9.53 Å². The highest BCUT2D eigenvalue weighted by Gasteiger charge is 2.22. The van der Waals surface area contributed by atoms with E-state index in [4.69, 9.17) is 4.74 Å². The van der Waals surface area contributed by atoms with Crippen LogP contribution in [0.3, 0.4) is 0 Å². The van der Waals surface area contributed by atoms with Crippen molar-refractivity contribution in [2.75, 3.05) is 20.2 Å². The molecule has 0 radical (unpaired) electrons. The summed E-state index contributed by atoms with van der Waals surface area (Å²) in [7, 11) is 1.66. The summed E-state index contributed by atoms with van der Waals surface area (Å²) in [5.41, 5.74) is 3.35. The van der Waals surface area contributed by atoms with Gasteiger partial charge in [0.25, 0.3) is 5.91 Å². The summed E-state index contributed by atoms with van der Waals surface area (Å²) >= 11 is 0. The number of nitrogens with one attached hydrogen (secondary N) is 2. The minimum Gasteiger partial charge on any atom is -0.380 e. The Labute approximate surface area is 147 Å². The van der Waals surface area contributed by atoms with Gasteiger partial charge in [-0.1, -0.05) is 29.5 Å². The number of carbonyl (C=O) groups is 1. The van der Waals surface area contributed by atoms with Crippen molar-refractivity contribution in [3.05, 3.63) is 46.8 Å². The first-order chi connectivity index (χ1) is 12.2. The second kappa shape index (κ2) is 8.22. The van der Waals surface area contributed by atoms with Crippen molar-refractivity contribution in [3.8, 4) is 0 Å². The van der Waals surface area contributed by atoms with Crippen LogP contribution in [0.2, 0.25) is 0 Å². The molecule has 0 unspecified atom stereocenters. The summed E-state index contributed by atoms with van der Waals surface area (Å²) in [6, 6.07) is 8.24. The fraction of sp³-hybridized carbons (Fsp3) is 0.500.